The summed E-state index contributed by atoms with van der Waals surface area (Å²) in [5.74, 6) is -0.0243. The SMILES string of the molecule is O=C(NC(=S)Nc1nc2c(Cl)c(Cl)ccc2s1)c1ccc(-c2ccc(Cl)cc2Cl)o1. The Bertz CT molecular complexity index is 1300. The van der Waals surface area contributed by atoms with Crippen molar-refractivity contribution in [3.8, 4) is 11.3 Å². The van der Waals surface area contributed by atoms with Crippen LogP contribution in [0.5, 0.6) is 0 Å². The molecule has 0 saturated heterocycles. The third-order valence-electron chi connectivity index (χ3n) is 3.93. The fourth-order valence-electron chi connectivity index (χ4n) is 2.58. The van der Waals surface area contributed by atoms with Crippen LogP contribution >= 0.6 is 70.0 Å². The predicted octanol–water partition coefficient (Wildman–Crippen LogP) is 7.30. The number of anilines is 1. The number of thiocarbonyl (C=S) groups is 1. The van der Waals surface area contributed by atoms with Crippen LogP contribution in [0.1, 0.15) is 10.6 Å². The van der Waals surface area contributed by atoms with E-state index in [1.165, 1.54) is 17.4 Å². The lowest BCUT2D eigenvalue weighted by molar-refractivity contribution is 0.0951. The first-order valence-corrected chi connectivity index (χ1v) is 11.0. The van der Waals surface area contributed by atoms with Gasteiger partial charge in [-0.05, 0) is 54.7 Å². The quantitative estimate of drug-likeness (QED) is 0.279. The van der Waals surface area contributed by atoms with Crippen LogP contribution < -0.4 is 10.6 Å². The molecule has 1 amide bonds. The largest absolute Gasteiger partial charge is 0.451 e. The number of hydrogen-bond donors (Lipinski definition) is 2. The Hall–Kier alpha value is -1.87. The van der Waals surface area contributed by atoms with Crippen LogP contribution in [-0.2, 0) is 0 Å². The molecule has 2 heterocycles. The summed E-state index contributed by atoms with van der Waals surface area (Å²) in [6.07, 6.45) is 0. The summed E-state index contributed by atoms with van der Waals surface area (Å²) in [7, 11) is 0. The van der Waals surface area contributed by atoms with E-state index < -0.39 is 5.91 Å². The van der Waals surface area contributed by atoms with E-state index in [1.54, 1.807) is 36.4 Å². The molecule has 0 aliphatic carbocycles. The topological polar surface area (TPSA) is 67.2 Å². The summed E-state index contributed by atoms with van der Waals surface area (Å²) in [4.78, 5) is 16.8. The number of furan rings is 1. The van der Waals surface area contributed by atoms with Gasteiger partial charge in [-0.25, -0.2) is 4.98 Å². The van der Waals surface area contributed by atoms with E-state index in [2.05, 4.69) is 15.6 Å². The second-order valence-corrected chi connectivity index (χ2v) is 8.99. The van der Waals surface area contributed by atoms with Crippen molar-refractivity contribution in [3.63, 3.8) is 0 Å². The summed E-state index contributed by atoms with van der Waals surface area (Å²) in [5.41, 5.74) is 1.17. The van der Waals surface area contributed by atoms with Crippen LogP contribution in [0.3, 0.4) is 0 Å². The molecule has 0 saturated carbocycles. The van der Waals surface area contributed by atoms with Gasteiger partial charge in [-0.1, -0.05) is 57.7 Å². The van der Waals surface area contributed by atoms with Crippen LogP contribution in [-0.4, -0.2) is 16.0 Å². The minimum atomic E-state index is -0.522. The number of thiazole rings is 1. The van der Waals surface area contributed by atoms with Crippen LogP contribution in [0, 0.1) is 0 Å². The van der Waals surface area contributed by atoms with Crippen molar-refractivity contribution in [3.05, 3.63) is 68.3 Å². The van der Waals surface area contributed by atoms with E-state index in [-0.39, 0.29) is 10.9 Å². The molecule has 0 aliphatic heterocycles. The summed E-state index contributed by atoms with van der Waals surface area (Å²) in [6.45, 7) is 0. The number of nitrogens with zero attached hydrogens (tertiary/aromatic N) is 1. The molecule has 11 heteroatoms. The Morgan fingerprint density at radius 1 is 1.03 bits per heavy atom. The molecule has 4 rings (SSSR count). The summed E-state index contributed by atoms with van der Waals surface area (Å²) in [6, 6.07) is 11.6. The van der Waals surface area contributed by atoms with Gasteiger partial charge >= 0.3 is 0 Å². The number of benzene rings is 2. The predicted molar refractivity (Wildman–Crippen MR) is 127 cm³/mol. The van der Waals surface area contributed by atoms with E-state index in [4.69, 9.17) is 63.0 Å². The van der Waals surface area contributed by atoms with E-state index in [1.807, 2.05) is 0 Å². The van der Waals surface area contributed by atoms with Gasteiger partial charge in [-0.3, -0.25) is 10.1 Å². The number of nitrogens with one attached hydrogen (secondary N) is 2. The fraction of sp³-hybridized carbons (Fsp3) is 0. The molecule has 0 bridgehead atoms. The van der Waals surface area contributed by atoms with Gasteiger partial charge in [-0.2, -0.15) is 0 Å². The second kappa shape index (κ2) is 8.70. The van der Waals surface area contributed by atoms with Crippen LogP contribution in [0.15, 0.2) is 46.9 Å². The standard InChI is InChI=1S/C19H9Cl4N3O2S2/c20-8-1-2-9(11(22)7-8)12-4-5-13(28-12)17(27)25-18(29)26-19-24-16-14(30-19)6-3-10(21)15(16)23/h1-7H,(H2,24,25,26,27,29). The molecule has 2 aromatic carbocycles. The molecule has 0 unspecified atom stereocenters. The molecule has 2 aromatic heterocycles. The first-order valence-electron chi connectivity index (χ1n) is 8.24. The van der Waals surface area contributed by atoms with Crippen LogP contribution in [0.2, 0.25) is 20.1 Å². The molecule has 152 valence electrons. The van der Waals surface area contributed by atoms with E-state index in [0.29, 0.717) is 42.1 Å². The summed E-state index contributed by atoms with van der Waals surface area (Å²) in [5, 5.41) is 7.61. The average Bonchev–Trinajstić information content (AvgIpc) is 3.32. The highest BCUT2D eigenvalue weighted by molar-refractivity contribution is 7.80. The maximum absolute atomic E-state index is 12.5. The van der Waals surface area contributed by atoms with Crippen molar-refractivity contribution < 1.29 is 9.21 Å². The van der Waals surface area contributed by atoms with Crippen molar-refractivity contribution in [2.24, 2.45) is 0 Å². The molecular formula is C19H9Cl4N3O2S2. The molecule has 0 aliphatic rings. The Morgan fingerprint density at radius 3 is 2.60 bits per heavy atom. The van der Waals surface area contributed by atoms with Gasteiger partial charge < -0.3 is 9.73 Å². The summed E-state index contributed by atoms with van der Waals surface area (Å²) < 4.78 is 6.44. The molecule has 4 aromatic rings. The number of rotatable bonds is 3. The number of hydrogen-bond acceptors (Lipinski definition) is 5. The lowest BCUT2D eigenvalue weighted by atomic mass is 10.2. The molecule has 0 spiro atoms. The number of aromatic nitrogens is 1. The Labute approximate surface area is 199 Å². The molecule has 0 radical (unpaired) electrons. The van der Waals surface area contributed by atoms with Gasteiger partial charge in [-0.15, -0.1) is 0 Å². The Morgan fingerprint density at radius 2 is 1.83 bits per heavy atom. The van der Waals surface area contributed by atoms with Crippen molar-refractivity contribution in [2.75, 3.05) is 5.32 Å². The van der Waals surface area contributed by atoms with E-state index >= 15 is 0 Å². The van der Waals surface area contributed by atoms with Crippen LogP contribution in [0.4, 0.5) is 5.13 Å². The highest BCUT2D eigenvalue weighted by Gasteiger charge is 2.17. The zero-order valence-corrected chi connectivity index (χ0v) is 19.3. The minimum absolute atomic E-state index is 0.0590. The number of halogens is 4. The fourth-order valence-corrected chi connectivity index (χ4v) is 4.63. The molecule has 2 N–H and O–H groups in total. The van der Waals surface area contributed by atoms with E-state index in [9.17, 15) is 4.79 Å². The van der Waals surface area contributed by atoms with Gasteiger partial charge in [0.1, 0.15) is 11.3 Å². The lowest BCUT2D eigenvalue weighted by Gasteiger charge is -2.05. The van der Waals surface area contributed by atoms with Crippen molar-refractivity contribution in [2.45, 2.75) is 0 Å². The molecule has 30 heavy (non-hydrogen) atoms. The normalized spacial score (nSPS) is 10.9. The number of carbonyl (C=O) groups excluding carboxylic acids is 1. The third-order valence-corrected chi connectivity index (χ3v) is 6.41. The maximum atomic E-state index is 12.5. The monoisotopic (exact) mass is 515 g/mol. The number of fused-ring (bicyclic) bond motifs is 1. The smallest absolute Gasteiger partial charge is 0.293 e. The first-order chi connectivity index (χ1) is 14.3. The van der Waals surface area contributed by atoms with Crippen LogP contribution in [0.25, 0.3) is 21.5 Å². The molecule has 0 fully saturated rings. The van der Waals surface area contributed by atoms with Crippen molar-refractivity contribution in [1.29, 1.82) is 0 Å². The first kappa shape index (κ1) is 21.4. The van der Waals surface area contributed by atoms with Gasteiger partial charge in [0.2, 0.25) is 0 Å². The highest BCUT2D eigenvalue weighted by atomic mass is 35.5. The van der Waals surface area contributed by atoms with Gasteiger partial charge in [0.15, 0.2) is 16.0 Å². The Kier molecular flexibility index (Phi) is 6.20. The molecule has 0 atom stereocenters. The average molecular weight is 517 g/mol. The third kappa shape index (κ3) is 4.42. The van der Waals surface area contributed by atoms with Gasteiger partial charge in [0.25, 0.3) is 5.91 Å². The minimum Gasteiger partial charge on any atom is -0.451 e. The zero-order chi connectivity index (χ0) is 21.4. The Balaban J connectivity index is 1.46. The zero-order valence-electron chi connectivity index (χ0n) is 14.6. The van der Waals surface area contributed by atoms with Gasteiger partial charge in [0.05, 0.1) is 19.8 Å². The highest BCUT2D eigenvalue weighted by Crippen LogP contribution is 2.35. The number of amides is 1. The lowest BCUT2D eigenvalue weighted by Crippen LogP contribution is -2.33. The van der Waals surface area contributed by atoms with Crippen molar-refractivity contribution in [1.82, 2.24) is 10.3 Å². The number of carbonyl (C=O) groups is 1. The summed E-state index contributed by atoms with van der Waals surface area (Å²) >= 11 is 30.8. The van der Waals surface area contributed by atoms with E-state index in [0.717, 1.165) is 4.70 Å². The molecule has 5 nitrogen and oxygen atoms in total. The molecular weight excluding hydrogens is 508 g/mol. The maximum Gasteiger partial charge on any atom is 0.293 e. The van der Waals surface area contributed by atoms with Crippen molar-refractivity contribution >= 4 is 96.3 Å². The van der Waals surface area contributed by atoms with Gasteiger partial charge in [0, 0.05) is 10.6 Å². The second-order valence-electron chi connectivity index (χ2n) is 5.92.